The van der Waals surface area contributed by atoms with Gasteiger partial charge in [-0.25, -0.2) is 8.78 Å². The van der Waals surface area contributed by atoms with Crippen LogP contribution in [0.1, 0.15) is 11.5 Å². The summed E-state index contributed by atoms with van der Waals surface area (Å²) in [5, 5.41) is 13.2. The summed E-state index contributed by atoms with van der Waals surface area (Å²) in [7, 11) is 1.32. The summed E-state index contributed by atoms with van der Waals surface area (Å²) in [6.07, 6.45) is 0. The molecule has 0 aliphatic carbocycles. The summed E-state index contributed by atoms with van der Waals surface area (Å²) in [6.45, 7) is 0.0658. The van der Waals surface area contributed by atoms with Gasteiger partial charge in [-0.3, -0.25) is 4.79 Å². The van der Waals surface area contributed by atoms with Gasteiger partial charge in [0, 0.05) is 35.7 Å². The van der Waals surface area contributed by atoms with Gasteiger partial charge in [0.15, 0.2) is 0 Å². The molecule has 0 radical (unpaired) electrons. The topological polar surface area (TPSA) is 89.3 Å². The number of methoxy groups -OCH3 is 1. The van der Waals surface area contributed by atoms with Crippen molar-refractivity contribution in [3.63, 3.8) is 0 Å². The van der Waals surface area contributed by atoms with E-state index in [1.807, 2.05) is 18.2 Å². The zero-order valence-electron chi connectivity index (χ0n) is 14.8. The van der Waals surface area contributed by atoms with Crippen molar-refractivity contribution in [3.05, 3.63) is 59.7 Å². The number of ether oxygens (including phenoxy) is 1. The molecule has 7 nitrogen and oxygen atoms in total. The van der Waals surface area contributed by atoms with Gasteiger partial charge >= 0.3 is 6.01 Å². The molecular formula is C19H16F2N4O3. The van der Waals surface area contributed by atoms with Crippen LogP contribution in [0.2, 0.25) is 0 Å². The van der Waals surface area contributed by atoms with Crippen LogP contribution in [0.25, 0.3) is 11.5 Å². The summed E-state index contributed by atoms with van der Waals surface area (Å²) in [4.78, 5) is 12.3. The van der Waals surface area contributed by atoms with E-state index in [1.54, 1.807) is 12.1 Å². The van der Waals surface area contributed by atoms with Gasteiger partial charge in [0.25, 0.3) is 0 Å². The van der Waals surface area contributed by atoms with Crippen LogP contribution >= 0.6 is 0 Å². The molecule has 1 fully saturated rings. The molecule has 1 aromatic heterocycles. The Balaban J connectivity index is 1.61. The number of hydrogen-bond acceptors (Lipinski definition) is 6. The number of halogens is 2. The van der Waals surface area contributed by atoms with Crippen molar-refractivity contribution in [2.45, 2.75) is 12.0 Å². The highest BCUT2D eigenvalue weighted by Gasteiger charge is 2.40. The molecule has 9 heteroatoms. The number of hydrogen-bond donors (Lipinski definition) is 2. The van der Waals surface area contributed by atoms with Crippen molar-refractivity contribution in [2.75, 3.05) is 19.0 Å². The number of benzene rings is 2. The minimum atomic E-state index is -0.971. The largest absolute Gasteiger partial charge is 0.497 e. The fourth-order valence-electron chi connectivity index (χ4n) is 3.20. The lowest BCUT2D eigenvalue weighted by Gasteiger charge is -2.19. The van der Waals surface area contributed by atoms with Crippen LogP contribution < -0.4 is 15.4 Å². The van der Waals surface area contributed by atoms with Gasteiger partial charge in [-0.2, -0.15) is 0 Å². The maximum atomic E-state index is 14.5. The Labute approximate surface area is 158 Å². The lowest BCUT2D eigenvalue weighted by Crippen LogP contribution is -2.33. The van der Waals surface area contributed by atoms with Crippen LogP contribution in [-0.4, -0.2) is 35.8 Å². The molecule has 0 saturated carbocycles. The lowest BCUT2D eigenvalue weighted by atomic mass is 9.93. The van der Waals surface area contributed by atoms with Gasteiger partial charge in [0.05, 0.1) is 7.11 Å². The zero-order chi connectivity index (χ0) is 19.7. The van der Waals surface area contributed by atoms with E-state index in [0.29, 0.717) is 5.56 Å². The number of nitrogens with one attached hydrogen (secondary N) is 2. The predicted molar refractivity (Wildman–Crippen MR) is 95.8 cm³/mol. The molecule has 1 amide bonds. The van der Waals surface area contributed by atoms with Gasteiger partial charge in [0.1, 0.15) is 23.4 Å². The van der Waals surface area contributed by atoms with Gasteiger partial charge < -0.3 is 19.8 Å². The van der Waals surface area contributed by atoms with Crippen molar-refractivity contribution >= 4 is 11.9 Å². The van der Waals surface area contributed by atoms with E-state index in [2.05, 4.69) is 20.8 Å². The maximum Gasteiger partial charge on any atom is 0.316 e. The van der Waals surface area contributed by atoms with Gasteiger partial charge in [-0.1, -0.05) is 23.3 Å². The molecule has 0 spiro atoms. The van der Waals surface area contributed by atoms with Crippen molar-refractivity contribution in [1.82, 2.24) is 15.5 Å². The highest BCUT2D eigenvalue weighted by Crippen LogP contribution is 2.33. The molecule has 4 rings (SSSR count). The van der Waals surface area contributed by atoms with Gasteiger partial charge in [-0.05, 0) is 12.1 Å². The Morgan fingerprint density at radius 3 is 2.57 bits per heavy atom. The van der Waals surface area contributed by atoms with Gasteiger partial charge in [0.2, 0.25) is 11.8 Å². The highest BCUT2D eigenvalue weighted by atomic mass is 19.1. The van der Waals surface area contributed by atoms with Crippen molar-refractivity contribution < 1.29 is 22.7 Å². The second-order valence-corrected chi connectivity index (χ2v) is 6.26. The predicted octanol–water partition coefficient (Wildman–Crippen LogP) is 2.72. The van der Waals surface area contributed by atoms with E-state index in [4.69, 9.17) is 9.15 Å². The summed E-state index contributed by atoms with van der Waals surface area (Å²) in [5.41, 5.74) is 0.502. The number of rotatable bonds is 5. The SMILES string of the molecule is COc1cc(F)c(C2CNC(=O)[C@@H]2Nc2nnc(-c3ccccc3)o2)c(F)c1. The van der Waals surface area contributed by atoms with Gasteiger partial charge in [-0.15, -0.1) is 5.10 Å². The van der Waals surface area contributed by atoms with Crippen molar-refractivity contribution in [3.8, 4) is 17.2 Å². The average Bonchev–Trinajstić information content (AvgIpc) is 3.30. The van der Waals surface area contributed by atoms with Crippen LogP contribution in [0, 0.1) is 11.6 Å². The first-order valence-corrected chi connectivity index (χ1v) is 8.53. The highest BCUT2D eigenvalue weighted by molar-refractivity contribution is 5.88. The molecule has 2 N–H and O–H groups in total. The summed E-state index contributed by atoms with van der Waals surface area (Å²) < 4.78 is 39.4. The molecule has 2 atom stereocenters. The molecule has 2 heterocycles. The molecule has 1 saturated heterocycles. The maximum absolute atomic E-state index is 14.5. The molecule has 1 unspecified atom stereocenters. The quantitative estimate of drug-likeness (QED) is 0.701. The summed E-state index contributed by atoms with van der Waals surface area (Å²) in [6, 6.07) is 10.3. The Hall–Kier alpha value is -3.49. The lowest BCUT2D eigenvalue weighted by molar-refractivity contribution is -0.119. The Morgan fingerprint density at radius 1 is 1.18 bits per heavy atom. The first-order chi connectivity index (χ1) is 13.6. The molecular weight excluding hydrogens is 370 g/mol. The number of anilines is 1. The Bertz CT molecular complexity index is 986. The van der Waals surface area contributed by atoms with E-state index in [0.717, 1.165) is 12.1 Å². The monoisotopic (exact) mass is 386 g/mol. The molecule has 0 bridgehead atoms. The molecule has 2 aromatic carbocycles. The van der Waals surface area contributed by atoms with E-state index >= 15 is 0 Å². The average molecular weight is 386 g/mol. The smallest absolute Gasteiger partial charge is 0.316 e. The van der Waals surface area contributed by atoms with Crippen LogP contribution in [0.15, 0.2) is 46.9 Å². The van der Waals surface area contributed by atoms with Crippen molar-refractivity contribution in [1.29, 1.82) is 0 Å². The van der Waals surface area contributed by atoms with Crippen LogP contribution in [0.4, 0.5) is 14.8 Å². The number of carbonyl (C=O) groups is 1. The van der Waals surface area contributed by atoms with Crippen LogP contribution in [-0.2, 0) is 4.79 Å². The molecule has 1 aliphatic rings. The number of nitrogens with zero attached hydrogens (tertiary/aromatic N) is 2. The number of amides is 1. The normalized spacial score (nSPS) is 18.8. The summed E-state index contributed by atoms with van der Waals surface area (Å²) in [5.74, 6) is -2.48. The first kappa shape index (κ1) is 17.9. The summed E-state index contributed by atoms with van der Waals surface area (Å²) >= 11 is 0. The third kappa shape index (κ3) is 3.26. The van der Waals surface area contributed by atoms with Crippen LogP contribution in [0.5, 0.6) is 5.75 Å². The second-order valence-electron chi connectivity index (χ2n) is 6.26. The molecule has 28 heavy (non-hydrogen) atoms. The van der Waals surface area contributed by atoms with E-state index in [9.17, 15) is 13.6 Å². The van der Waals surface area contributed by atoms with E-state index in [-0.39, 0.29) is 29.8 Å². The van der Waals surface area contributed by atoms with E-state index < -0.39 is 29.5 Å². The Morgan fingerprint density at radius 2 is 1.89 bits per heavy atom. The number of carbonyl (C=O) groups excluding carboxylic acids is 1. The standard InChI is InChI=1S/C19H16F2N4O3/c1-27-11-7-13(20)15(14(21)8-11)12-9-22-17(26)16(12)23-19-25-24-18(28-19)10-5-3-2-4-6-10/h2-8,12,16H,9H2,1H3,(H,22,26)(H,23,25)/t12?,16-/m1/s1. The number of aromatic nitrogens is 2. The third-order valence-corrected chi connectivity index (χ3v) is 4.56. The minimum absolute atomic E-state index is 0.0137. The van der Waals surface area contributed by atoms with Crippen LogP contribution in [0.3, 0.4) is 0 Å². The second kappa shape index (κ2) is 7.26. The fourth-order valence-corrected chi connectivity index (χ4v) is 3.20. The first-order valence-electron chi connectivity index (χ1n) is 8.53. The molecule has 1 aliphatic heterocycles. The molecule has 3 aromatic rings. The third-order valence-electron chi connectivity index (χ3n) is 4.56. The zero-order valence-corrected chi connectivity index (χ0v) is 14.8. The Kier molecular flexibility index (Phi) is 4.64. The minimum Gasteiger partial charge on any atom is -0.497 e. The molecule has 144 valence electrons. The van der Waals surface area contributed by atoms with E-state index in [1.165, 1.54) is 7.11 Å². The van der Waals surface area contributed by atoms with Crippen molar-refractivity contribution in [2.24, 2.45) is 0 Å². The fraction of sp³-hybridized carbons (Fsp3) is 0.211.